The zero-order chi connectivity index (χ0) is 14.6. The normalized spacial score (nSPS) is 10.5. The van der Waals surface area contributed by atoms with Crippen LogP contribution in [-0.2, 0) is 11.2 Å². The number of halogens is 2. The number of Topliss-reactive ketones (excluding diaryl/α,β-unsaturated/α-hetero) is 1. The third-order valence-electron chi connectivity index (χ3n) is 2.77. The maximum atomic E-state index is 11.8. The van der Waals surface area contributed by atoms with Crippen LogP contribution in [0.3, 0.4) is 0 Å². The zero-order valence-electron chi connectivity index (χ0n) is 10.8. The van der Waals surface area contributed by atoms with Crippen molar-refractivity contribution in [1.82, 2.24) is 0 Å². The van der Waals surface area contributed by atoms with Gasteiger partial charge in [0.1, 0.15) is 27.3 Å². The van der Waals surface area contributed by atoms with E-state index >= 15 is 0 Å². The number of unbranched alkanes of at least 4 members (excludes halogenated alkanes) is 1. The molecular formula is C13H16Cl2O4. The summed E-state index contributed by atoms with van der Waals surface area (Å²) in [5.41, 5.74) is 0.205. The van der Waals surface area contributed by atoms with Crippen LogP contribution in [0.2, 0.25) is 10.0 Å². The SMILES string of the molecule is CCCCC(=O)Cc1c(O)c(Cl)c(O)c(Cl)c1OC. The lowest BCUT2D eigenvalue weighted by molar-refractivity contribution is -0.118. The Morgan fingerprint density at radius 2 is 1.84 bits per heavy atom. The Morgan fingerprint density at radius 1 is 1.21 bits per heavy atom. The van der Waals surface area contributed by atoms with Crippen LogP contribution >= 0.6 is 23.2 Å². The van der Waals surface area contributed by atoms with Gasteiger partial charge in [0.15, 0.2) is 5.75 Å². The van der Waals surface area contributed by atoms with Gasteiger partial charge < -0.3 is 14.9 Å². The van der Waals surface area contributed by atoms with Crippen molar-refractivity contribution in [2.45, 2.75) is 32.6 Å². The Morgan fingerprint density at radius 3 is 2.37 bits per heavy atom. The monoisotopic (exact) mass is 306 g/mol. The highest BCUT2D eigenvalue weighted by atomic mass is 35.5. The fourth-order valence-corrected chi connectivity index (χ4v) is 2.27. The van der Waals surface area contributed by atoms with Crippen LogP contribution < -0.4 is 4.74 Å². The molecule has 0 saturated carbocycles. The van der Waals surface area contributed by atoms with Gasteiger partial charge in [-0.25, -0.2) is 0 Å². The van der Waals surface area contributed by atoms with Crippen LogP contribution in [0.1, 0.15) is 31.7 Å². The van der Waals surface area contributed by atoms with E-state index in [1.165, 1.54) is 7.11 Å². The number of methoxy groups -OCH3 is 1. The molecule has 19 heavy (non-hydrogen) atoms. The summed E-state index contributed by atoms with van der Waals surface area (Å²) in [6.45, 7) is 1.99. The predicted molar refractivity (Wildman–Crippen MR) is 74.6 cm³/mol. The second kappa shape index (κ2) is 6.87. The smallest absolute Gasteiger partial charge is 0.160 e. The van der Waals surface area contributed by atoms with E-state index in [-0.39, 0.29) is 39.3 Å². The Kier molecular flexibility index (Phi) is 5.76. The molecule has 0 saturated heterocycles. The number of rotatable bonds is 6. The molecule has 0 aliphatic heterocycles. The predicted octanol–water partition coefficient (Wildman–Crippen LogP) is 3.72. The first-order chi connectivity index (χ1) is 8.93. The third kappa shape index (κ3) is 3.45. The van der Waals surface area contributed by atoms with Crippen LogP contribution in [0.4, 0.5) is 0 Å². The molecule has 0 atom stereocenters. The van der Waals surface area contributed by atoms with Gasteiger partial charge in [-0.1, -0.05) is 36.5 Å². The van der Waals surface area contributed by atoms with E-state index in [0.29, 0.717) is 6.42 Å². The largest absolute Gasteiger partial charge is 0.506 e. The van der Waals surface area contributed by atoms with E-state index in [9.17, 15) is 15.0 Å². The van der Waals surface area contributed by atoms with Gasteiger partial charge in [0.2, 0.25) is 0 Å². The van der Waals surface area contributed by atoms with Crippen molar-refractivity contribution < 1.29 is 19.7 Å². The quantitative estimate of drug-likeness (QED) is 0.840. The van der Waals surface area contributed by atoms with Gasteiger partial charge in [0.05, 0.1) is 7.11 Å². The topological polar surface area (TPSA) is 66.8 Å². The molecule has 0 amide bonds. The van der Waals surface area contributed by atoms with Crippen molar-refractivity contribution >= 4 is 29.0 Å². The van der Waals surface area contributed by atoms with Crippen LogP contribution in [0.15, 0.2) is 0 Å². The number of carbonyl (C=O) groups excluding carboxylic acids is 1. The first-order valence-corrected chi connectivity index (χ1v) is 6.67. The van der Waals surface area contributed by atoms with Gasteiger partial charge >= 0.3 is 0 Å². The van der Waals surface area contributed by atoms with E-state index in [0.717, 1.165) is 12.8 Å². The number of phenolic OH excluding ortho intramolecular Hbond substituents is 2. The number of ether oxygens (including phenoxy) is 1. The lowest BCUT2D eigenvalue weighted by Crippen LogP contribution is -2.05. The number of carbonyl (C=O) groups is 1. The molecule has 0 fully saturated rings. The van der Waals surface area contributed by atoms with Crippen LogP contribution in [0.25, 0.3) is 0 Å². The number of phenols is 2. The van der Waals surface area contributed by atoms with Crippen LogP contribution in [0.5, 0.6) is 17.2 Å². The third-order valence-corrected chi connectivity index (χ3v) is 3.48. The molecule has 0 spiro atoms. The lowest BCUT2D eigenvalue weighted by atomic mass is 10.0. The lowest BCUT2D eigenvalue weighted by Gasteiger charge is -2.14. The van der Waals surface area contributed by atoms with Crippen molar-refractivity contribution in [1.29, 1.82) is 0 Å². The fraction of sp³-hybridized carbons (Fsp3) is 0.462. The molecule has 6 heteroatoms. The minimum atomic E-state index is -0.456. The average Bonchev–Trinajstić information content (AvgIpc) is 2.40. The second-order valence-electron chi connectivity index (χ2n) is 4.16. The van der Waals surface area contributed by atoms with Crippen LogP contribution in [0, 0.1) is 0 Å². The van der Waals surface area contributed by atoms with E-state index < -0.39 is 5.75 Å². The molecule has 2 N–H and O–H groups in total. The van der Waals surface area contributed by atoms with Gasteiger partial charge in [-0.2, -0.15) is 0 Å². The summed E-state index contributed by atoms with van der Waals surface area (Å²) in [6, 6.07) is 0. The Bertz CT molecular complexity index is 486. The van der Waals surface area contributed by atoms with Gasteiger partial charge in [-0.3, -0.25) is 4.79 Å². The van der Waals surface area contributed by atoms with E-state index in [2.05, 4.69) is 0 Å². The summed E-state index contributed by atoms with van der Waals surface area (Å²) in [5, 5.41) is 19.1. The molecule has 0 unspecified atom stereocenters. The number of hydrogen-bond acceptors (Lipinski definition) is 4. The number of benzene rings is 1. The summed E-state index contributed by atoms with van der Waals surface area (Å²) < 4.78 is 5.04. The summed E-state index contributed by atoms with van der Waals surface area (Å²) in [6.07, 6.45) is 2.07. The average molecular weight is 307 g/mol. The summed E-state index contributed by atoms with van der Waals surface area (Å²) in [7, 11) is 1.34. The van der Waals surface area contributed by atoms with Crippen molar-refractivity contribution in [2.75, 3.05) is 7.11 Å². The van der Waals surface area contributed by atoms with Crippen molar-refractivity contribution in [3.8, 4) is 17.2 Å². The highest BCUT2D eigenvalue weighted by Crippen LogP contribution is 2.48. The summed E-state index contributed by atoms with van der Waals surface area (Å²) >= 11 is 11.6. The molecule has 0 aliphatic carbocycles. The fourth-order valence-electron chi connectivity index (χ4n) is 1.72. The molecule has 106 valence electrons. The minimum absolute atomic E-state index is 0.0330. The van der Waals surface area contributed by atoms with Gasteiger partial charge in [-0.05, 0) is 6.42 Å². The molecule has 0 aromatic heterocycles. The molecular weight excluding hydrogens is 291 g/mol. The highest BCUT2D eigenvalue weighted by molar-refractivity contribution is 6.39. The number of hydrogen-bond donors (Lipinski definition) is 2. The van der Waals surface area contributed by atoms with Gasteiger partial charge in [-0.15, -0.1) is 0 Å². The maximum absolute atomic E-state index is 11.8. The first-order valence-electron chi connectivity index (χ1n) is 5.91. The molecule has 0 heterocycles. The Balaban J connectivity index is 3.16. The standard InChI is InChI=1S/C13H16Cl2O4/c1-3-4-5-7(16)6-8-11(17)9(14)12(18)10(15)13(8)19-2/h17-18H,3-6H2,1-2H3. The maximum Gasteiger partial charge on any atom is 0.160 e. The molecule has 1 aromatic rings. The van der Waals surface area contributed by atoms with Crippen molar-refractivity contribution in [2.24, 2.45) is 0 Å². The van der Waals surface area contributed by atoms with Crippen molar-refractivity contribution in [3.63, 3.8) is 0 Å². The minimum Gasteiger partial charge on any atom is -0.506 e. The molecule has 4 nitrogen and oxygen atoms in total. The molecule has 1 rings (SSSR count). The number of ketones is 1. The van der Waals surface area contributed by atoms with Gasteiger partial charge in [0.25, 0.3) is 0 Å². The van der Waals surface area contributed by atoms with E-state index in [1.807, 2.05) is 6.92 Å². The molecule has 0 bridgehead atoms. The molecule has 1 aromatic carbocycles. The number of aromatic hydroxyl groups is 2. The van der Waals surface area contributed by atoms with E-state index in [1.54, 1.807) is 0 Å². The van der Waals surface area contributed by atoms with E-state index in [4.69, 9.17) is 27.9 Å². The summed E-state index contributed by atoms with van der Waals surface area (Å²) in [5.74, 6) is -0.799. The van der Waals surface area contributed by atoms with Crippen LogP contribution in [-0.4, -0.2) is 23.1 Å². The Hall–Kier alpha value is -1.13. The molecule has 0 radical (unpaired) electrons. The van der Waals surface area contributed by atoms with Crippen molar-refractivity contribution in [3.05, 3.63) is 15.6 Å². The Labute approximate surface area is 121 Å². The zero-order valence-corrected chi connectivity index (χ0v) is 12.3. The molecule has 0 aliphatic rings. The van der Waals surface area contributed by atoms with Gasteiger partial charge in [0, 0.05) is 18.4 Å². The second-order valence-corrected chi connectivity index (χ2v) is 4.91. The first kappa shape index (κ1) is 15.9. The summed E-state index contributed by atoms with van der Waals surface area (Å²) in [4.78, 5) is 11.8. The highest BCUT2D eigenvalue weighted by Gasteiger charge is 2.23.